The quantitative estimate of drug-likeness (QED) is 0.630. The molecule has 108 valence electrons. The van der Waals surface area contributed by atoms with Crippen molar-refractivity contribution in [3.05, 3.63) is 39.9 Å². The van der Waals surface area contributed by atoms with E-state index in [9.17, 15) is 15.2 Å². The molecule has 0 amide bonds. The average molecular weight is 278 g/mol. The molecule has 20 heavy (non-hydrogen) atoms. The number of nitro benzene ring substituents is 1. The van der Waals surface area contributed by atoms with Gasteiger partial charge in [-0.2, -0.15) is 0 Å². The molecular weight excluding hydrogens is 260 g/mol. The van der Waals surface area contributed by atoms with Gasteiger partial charge in [0, 0.05) is 24.7 Å². The monoisotopic (exact) mass is 278 g/mol. The lowest BCUT2D eigenvalue weighted by Gasteiger charge is -2.22. The molecule has 0 radical (unpaired) electrons. The molecule has 2 aliphatic rings. The molecule has 6 nitrogen and oxygen atoms in total. The lowest BCUT2D eigenvalue weighted by molar-refractivity contribution is -0.384. The van der Waals surface area contributed by atoms with Crippen molar-refractivity contribution in [1.29, 1.82) is 0 Å². The first kappa shape index (κ1) is 13.5. The maximum absolute atomic E-state index is 10.6. The SMILES string of the molecule is O=[N+]([O-])c1ccc(C(O)CNC2CC3CCC2O3)cc1. The highest BCUT2D eigenvalue weighted by atomic mass is 16.6. The van der Waals surface area contributed by atoms with E-state index in [1.54, 1.807) is 12.1 Å². The van der Waals surface area contributed by atoms with Crippen molar-refractivity contribution in [2.75, 3.05) is 6.54 Å². The van der Waals surface area contributed by atoms with E-state index >= 15 is 0 Å². The molecule has 4 unspecified atom stereocenters. The van der Waals surface area contributed by atoms with Crippen LogP contribution >= 0.6 is 0 Å². The number of rotatable bonds is 5. The van der Waals surface area contributed by atoms with Crippen LogP contribution < -0.4 is 5.32 Å². The fraction of sp³-hybridized carbons (Fsp3) is 0.571. The van der Waals surface area contributed by atoms with Crippen LogP contribution in [0.1, 0.15) is 30.9 Å². The molecule has 2 aliphatic heterocycles. The van der Waals surface area contributed by atoms with Gasteiger partial charge in [0.25, 0.3) is 5.69 Å². The first-order chi connectivity index (χ1) is 9.63. The summed E-state index contributed by atoms with van der Waals surface area (Å²) in [6.07, 6.45) is 3.26. The summed E-state index contributed by atoms with van der Waals surface area (Å²) in [5, 5.41) is 24.0. The smallest absolute Gasteiger partial charge is 0.269 e. The van der Waals surface area contributed by atoms with Crippen molar-refractivity contribution in [2.24, 2.45) is 0 Å². The summed E-state index contributed by atoms with van der Waals surface area (Å²) in [4.78, 5) is 10.1. The van der Waals surface area contributed by atoms with Crippen molar-refractivity contribution < 1.29 is 14.8 Å². The van der Waals surface area contributed by atoms with E-state index in [-0.39, 0.29) is 11.8 Å². The van der Waals surface area contributed by atoms with Crippen LogP contribution in [0.15, 0.2) is 24.3 Å². The number of non-ortho nitro benzene ring substituents is 1. The zero-order valence-electron chi connectivity index (χ0n) is 11.1. The number of aliphatic hydroxyl groups excluding tert-OH is 1. The first-order valence-electron chi connectivity index (χ1n) is 6.95. The van der Waals surface area contributed by atoms with E-state index in [4.69, 9.17) is 4.74 Å². The minimum absolute atomic E-state index is 0.0374. The van der Waals surface area contributed by atoms with Crippen LogP contribution in [-0.4, -0.2) is 34.8 Å². The van der Waals surface area contributed by atoms with Crippen molar-refractivity contribution in [3.63, 3.8) is 0 Å². The Labute approximate surface area is 116 Å². The molecule has 1 aromatic carbocycles. The van der Waals surface area contributed by atoms with Crippen molar-refractivity contribution >= 4 is 5.69 Å². The van der Waals surface area contributed by atoms with Crippen molar-refractivity contribution in [2.45, 2.75) is 43.6 Å². The summed E-state index contributed by atoms with van der Waals surface area (Å²) >= 11 is 0. The Hall–Kier alpha value is -1.50. The average Bonchev–Trinajstić information content (AvgIpc) is 3.07. The summed E-state index contributed by atoms with van der Waals surface area (Å²) in [5.74, 6) is 0. The van der Waals surface area contributed by atoms with E-state index in [2.05, 4.69) is 5.32 Å². The molecule has 2 bridgehead atoms. The molecule has 2 heterocycles. The topological polar surface area (TPSA) is 84.6 Å². The number of benzene rings is 1. The molecule has 2 fully saturated rings. The van der Waals surface area contributed by atoms with Gasteiger partial charge >= 0.3 is 0 Å². The molecular formula is C14H18N2O4. The fourth-order valence-electron chi connectivity index (χ4n) is 3.05. The third-order valence-electron chi connectivity index (χ3n) is 4.17. The number of fused-ring (bicyclic) bond motifs is 2. The van der Waals surface area contributed by atoms with Gasteiger partial charge in [-0.1, -0.05) is 0 Å². The highest BCUT2D eigenvalue weighted by Gasteiger charge is 2.40. The molecule has 2 saturated heterocycles. The summed E-state index contributed by atoms with van der Waals surface area (Å²) in [6.45, 7) is 0.440. The standard InChI is InChI=1S/C14H18N2O4/c17-13(9-1-3-10(4-2-9)16(18)19)8-15-12-7-11-5-6-14(12)20-11/h1-4,11-15,17H,5-8H2. The van der Waals surface area contributed by atoms with E-state index in [0.29, 0.717) is 24.3 Å². The van der Waals surface area contributed by atoms with Crippen molar-refractivity contribution in [1.82, 2.24) is 5.32 Å². The molecule has 0 aromatic heterocycles. The maximum atomic E-state index is 10.6. The molecule has 0 spiro atoms. The number of nitrogens with one attached hydrogen (secondary N) is 1. The Morgan fingerprint density at radius 1 is 1.40 bits per heavy atom. The highest BCUT2D eigenvalue weighted by molar-refractivity contribution is 5.33. The van der Waals surface area contributed by atoms with Gasteiger partial charge in [0.15, 0.2) is 0 Å². The van der Waals surface area contributed by atoms with Crippen LogP contribution in [0.2, 0.25) is 0 Å². The number of hydrogen-bond acceptors (Lipinski definition) is 5. The van der Waals surface area contributed by atoms with E-state index in [1.807, 2.05) is 0 Å². The summed E-state index contributed by atoms with van der Waals surface area (Å²) in [6, 6.07) is 6.35. The third-order valence-corrected chi connectivity index (χ3v) is 4.17. The molecule has 0 aliphatic carbocycles. The molecule has 6 heteroatoms. The Morgan fingerprint density at radius 2 is 2.15 bits per heavy atom. The lowest BCUT2D eigenvalue weighted by Crippen LogP contribution is -2.39. The van der Waals surface area contributed by atoms with Gasteiger partial charge in [-0.15, -0.1) is 0 Å². The molecule has 3 rings (SSSR count). The minimum Gasteiger partial charge on any atom is -0.387 e. The first-order valence-corrected chi connectivity index (χ1v) is 6.95. The number of ether oxygens (including phenoxy) is 1. The van der Waals surface area contributed by atoms with Gasteiger partial charge in [-0.25, -0.2) is 0 Å². The largest absolute Gasteiger partial charge is 0.387 e. The second-order valence-electron chi connectivity index (χ2n) is 5.49. The summed E-state index contributed by atoms with van der Waals surface area (Å²) < 4.78 is 5.75. The highest BCUT2D eigenvalue weighted by Crippen LogP contribution is 2.34. The van der Waals surface area contributed by atoms with E-state index in [0.717, 1.165) is 19.3 Å². The number of nitro groups is 1. The second kappa shape index (κ2) is 5.47. The van der Waals surface area contributed by atoms with Gasteiger partial charge in [0.05, 0.1) is 23.2 Å². The third kappa shape index (κ3) is 2.67. The van der Waals surface area contributed by atoms with Crippen LogP contribution in [0.3, 0.4) is 0 Å². The normalized spacial score (nSPS) is 29.6. The van der Waals surface area contributed by atoms with Crippen LogP contribution in [0.25, 0.3) is 0 Å². The van der Waals surface area contributed by atoms with E-state index in [1.165, 1.54) is 12.1 Å². The predicted molar refractivity (Wildman–Crippen MR) is 72.4 cm³/mol. The Balaban J connectivity index is 1.53. The Kier molecular flexibility index (Phi) is 3.69. The zero-order chi connectivity index (χ0) is 14.1. The second-order valence-corrected chi connectivity index (χ2v) is 5.49. The maximum Gasteiger partial charge on any atom is 0.269 e. The number of nitrogens with zero attached hydrogens (tertiary/aromatic N) is 1. The molecule has 2 N–H and O–H groups in total. The van der Waals surface area contributed by atoms with Gasteiger partial charge < -0.3 is 15.2 Å². The fourth-order valence-corrected chi connectivity index (χ4v) is 3.05. The molecule has 1 aromatic rings. The predicted octanol–water partition coefficient (Wildman–Crippen LogP) is 1.54. The number of hydrogen-bond donors (Lipinski definition) is 2. The Morgan fingerprint density at radius 3 is 2.70 bits per heavy atom. The lowest BCUT2D eigenvalue weighted by atomic mass is 9.95. The minimum atomic E-state index is -0.657. The molecule has 0 saturated carbocycles. The molecule has 4 atom stereocenters. The van der Waals surface area contributed by atoms with Gasteiger partial charge in [0.2, 0.25) is 0 Å². The van der Waals surface area contributed by atoms with Crippen LogP contribution in [0.5, 0.6) is 0 Å². The summed E-state index contributed by atoms with van der Waals surface area (Å²) in [7, 11) is 0. The zero-order valence-corrected chi connectivity index (χ0v) is 11.1. The summed E-state index contributed by atoms with van der Waals surface area (Å²) in [5.41, 5.74) is 0.725. The van der Waals surface area contributed by atoms with Gasteiger partial charge in [0.1, 0.15) is 0 Å². The van der Waals surface area contributed by atoms with Crippen LogP contribution in [-0.2, 0) is 4.74 Å². The van der Waals surface area contributed by atoms with E-state index < -0.39 is 11.0 Å². The Bertz CT molecular complexity index is 490. The van der Waals surface area contributed by atoms with Crippen LogP contribution in [0.4, 0.5) is 5.69 Å². The van der Waals surface area contributed by atoms with Gasteiger partial charge in [-0.05, 0) is 37.0 Å². The number of aliphatic hydroxyl groups is 1. The van der Waals surface area contributed by atoms with Crippen LogP contribution in [0, 0.1) is 10.1 Å². The van der Waals surface area contributed by atoms with Crippen molar-refractivity contribution in [3.8, 4) is 0 Å². The van der Waals surface area contributed by atoms with Gasteiger partial charge in [-0.3, -0.25) is 10.1 Å².